The Kier molecular flexibility index (Phi) is 11.1. The van der Waals surface area contributed by atoms with E-state index in [9.17, 15) is 19.7 Å². The number of nitro groups is 1. The van der Waals surface area contributed by atoms with Crippen LogP contribution < -0.4 is 14.8 Å². The van der Waals surface area contributed by atoms with Crippen molar-refractivity contribution >= 4 is 40.7 Å². The van der Waals surface area contributed by atoms with Crippen molar-refractivity contribution in [3.63, 3.8) is 0 Å². The van der Waals surface area contributed by atoms with Crippen LogP contribution in [0.1, 0.15) is 38.7 Å². The Bertz CT molecular complexity index is 1050. The molecule has 2 rings (SSSR count). The smallest absolute Gasteiger partial charge is 0.311 e. The first-order chi connectivity index (χ1) is 16.7. The number of nitro benzene ring substituents is 1. The molecule has 190 valence electrons. The van der Waals surface area contributed by atoms with Gasteiger partial charge in [0.05, 0.1) is 22.1 Å². The molecule has 0 heterocycles. The zero-order chi connectivity index (χ0) is 26.0. The monoisotopic (exact) mass is 525 g/mol. The lowest BCUT2D eigenvalue weighted by molar-refractivity contribution is -0.385. The van der Waals surface area contributed by atoms with Crippen LogP contribution in [0.25, 0.3) is 0 Å². The van der Waals surface area contributed by atoms with E-state index in [1.54, 1.807) is 18.2 Å². The van der Waals surface area contributed by atoms with Gasteiger partial charge in [0, 0.05) is 25.2 Å². The highest BCUT2D eigenvalue weighted by molar-refractivity contribution is 6.42. The Morgan fingerprint density at radius 3 is 2.49 bits per heavy atom. The van der Waals surface area contributed by atoms with Gasteiger partial charge in [0.2, 0.25) is 11.7 Å². The van der Waals surface area contributed by atoms with E-state index < -0.39 is 16.9 Å². The van der Waals surface area contributed by atoms with Crippen molar-refractivity contribution in [1.29, 1.82) is 0 Å². The Balaban J connectivity index is 2.25. The van der Waals surface area contributed by atoms with E-state index in [1.807, 2.05) is 13.8 Å². The summed E-state index contributed by atoms with van der Waals surface area (Å²) in [4.78, 5) is 38.1. The van der Waals surface area contributed by atoms with Crippen molar-refractivity contribution in [3.8, 4) is 11.5 Å². The first-order valence-electron chi connectivity index (χ1n) is 11.2. The van der Waals surface area contributed by atoms with Gasteiger partial charge in [-0.05, 0) is 36.6 Å². The van der Waals surface area contributed by atoms with E-state index in [-0.39, 0.29) is 36.2 Å². The predicted octanol–water partition coefficient (Wildman–Crippen LogP) is 5.01. The van der Waals surface area contributed by atoms with E-state index in [0.29, 0.717) is 28.6 Å². The molecule has 2 aromatic carbocycles. The van der Waals surface area contributed by atoms with E-state index in [0.717, 1.165) is 12.8 Å². The summed E-state index contributed by atoms with van der Waals surface area (Å²) in [6.07, 6.45) is 2.14. The molecule has 0 unspecified atom stereocenters. The largest absolute Gasteiger partial charge is 0.490 e. The molecule has 0 bridgehead atoms. The summed E-state index contributed by atoms with van der Waals surface area (Å²) in [6, 6.07) is 8.23. The summed E-state index contributed by atoms with van der Waals surface area (Å²) in [5, 5.41) is 14.7. The number of rotatable bonds is 13. The zero-order valence-electron chi connectivity index (χ0n) is 19.9. The second-order valence-electron chi connectivity index (χ2n) is 7.72. The highest BCUT2D eigenvalue weighted by atomic mass is 35.5. The lowest BCUT2D eigenvalue weighted by atomic mass is 10.1. The van der Waals surface area contributed by atoms with Crippen molar-refractivity contribution in [2.45, 2.75) is 45.7 Å². The number of nitrogens with zero attached hydrogens (tertiary/aromatic N) is 2. The van der Waals surface area contributed by atoms with Crippen molar-refractivity contribution in [1.82, 2.24) is 10.2 Å². The average Bonchev–Trinajstić information content (AvgIpc) is 2.84. The summed E-state index contributed by atoms with van der Waals surface area (Å²) >= 11 is 12.2. The van der Waals surface area contributed by atoms with Crippen LogP contribution in [0.5, 0.6) is 11.5 Å². The number of halogens is 2. The van der Waals surface area contributed by atoms with Crippen LogP contribution in [0.2, 0.25) is 10.0 Å². The van der Waals surface area contributed by atoms with E-state index in [4.69, 9.17) is 32.7 Å². The number of ether oxygens (including phenoxy) is 2. The maximum atomic E-state index is 13.3. The number of benzene rings is 2. The molecule has 0 spiro atoms. The number of hydrogen-bond acceptors (Lipinski definition) is 6. The van der Waals surface area contributed by atoms with Crippen LogP contribution in [-0.2, 0) is 16.1 Å². The number of unbranched alkanes of at least 4 members (excludes halogenated alkanes) is 1. The topological polar surface area (TPSA) is 111 Å². The summed E-state index contributed by atoms with van der Waals surface area (Å²) in [6.45, 7) is 4.08. The zero-order valence-corrected chi connectivity index (χ0v) is 21.4. The van der Waals surface area contributed by atoms with Crippen LogP contribution in [0, 0.1) is 10.1 Å². The fraction of sp³-hybridized carbons (Fsp3) is 0.417. The Morgan fingerprint density at radius 2 is 1.89 bits per heavy atom. The number of carbonyl (C=O) groups excluding carboxylic acids is 2. The Hall–Kier alpha value is -3.04. The molecular weight excluding hydrogens is 497 g/mol. The highest BCUT2D eigenvalue weighted by Crippen LogP contribution is 2.31. The summed E-state index contributed by atoms with van der Waals surface area (Å²) < 4.78 is 10.6. The van der Waals surface area contributed by atoms with Crippen molar-refractivity contribution < 1.29 is 24.0 Å². The van der Waals surface area contributed by atoms with Gasteiger partial charge in [-0.1, -0.05) is 49.5 Å². The normalized spacial score (nSPS) is 11.5. The van der Waals surface area contributed by atoms with Crippen LogP contribution >= 0.6 is 23.2 Å². The molecule has 0 fully saturated rings. The molecule has 0 aliphatic heterocycles. The number of nitrogens with one attached hydrogen (secondary N) is 1. The summed E-state index contributed by atoms with van der Waals surface area (Å²) in [5.41, 5.74) is 0.479. The van der Waals surface area contributed by atoms with Crippen LogP contribution in [0.15, 0.2) is 36.4 Å². The standard InChI is InChI=1S/C24H29Cl2N3O6/c1-4-6-11-27-24(31)20(5-2)28(14-16-7-9-18(25)19(26)12-16)23(30)15-35-17-8-10-21(29(32)33)22(13-17)34-3/h7-10,12-13,20H,4-6,11,14-15H2,1-3H3,(H,27,31)/t20-/m1/s1. The van der Waals surface area contributed by atoms with Gasteiger partial charge in [-0.25, -0.2) is 0 Å². The third-order valence-corrected chi connectivity index (χ3v) is 6.00. The minimum Gasteiger partial charge on any atom is -0.490 e. The quantitative estimate of drug-likeness (QED) is 0.223. The fourth-order valence-electron chi connectivity index (χ4n) is 3.39. The number of hydrogen-bond donors (Lipinski definition) is 1. The molecule has 0 radical (unpaired) electrons. The van der Waals surface area contributed by atoms with Crippen LogP contribution in [0.4, 0.5) is 5.69 Å². The molecule has 2 amide bonds. The minimum atomic E-state index is -0.733. The molecule has 1 atom stereocenters. The number of carbonyl (C=O) groups is 2. The molecule has 35 heavy (non-hydrogen) atoms. The van der Waals surface area contributed by atoms with Gasteiger partial charge in [-0.3, -0.25) is 19.7 Å². The Labute approximate surface area is 214 Å². The van der Waals surface area contributed by atoms with Crippen molar-refractivity contribution in [3.05, 3.63) is 62.1 Å². The van der Waals surface area contributed by atoms with Gasteiger partial charge in [-0.15, -0.1) is 0 Å². The second kappa shape index (κ2) is 13.7. The average molecular weight is 526 g/mol. The Morgan fingerprint density at radius 1 is 1.14 bits per heavy atom. The molecule has 0 aliphatic rings. The summed E-state index contributed by atoms with van der Waals surface area (Å²) in [5.74, 6) is -0.470. The summed E-state index contributed by atoms with van der Waals surface area (Å²) in [7, 11) is 1.30. The van der Waals surface area contributed by atoms with Crippen molar-refractivity contribution in [2.24, 2.45) is 0 Å². The van der Waals surface area contributed by atoms with E-state index in [1.165, 1.54) is 30.2 Å². The molecule has 0 saturated carbocycles. The van der Waals surface area contributed by atoms with Gasteiger partial charge < -0.3 is 19.7 Å². The first kappa shape index (κ1) is 28.2. The molecular formula is C24H29Cl2N3O6. The van der Waals surface area contributed by atoms with Gasteiger partial charge in [0.15, 0.2) is 6.61 Å². The lowest BCUT2D eigenvalue weighted by Crippen LogP contribution is -2.50. The van der Waals surface area contributed by atoms with Gasteiger partial charge >= 0.3 is 5.69 Å². The maximum absolute atomic E-state index is 13.3. The molecule has 2 aromatic rings. The molecule has 9 nitrogen and oxygen atoms in total. The van der Waals surface area contributed by atoms with Gasteiger partial charge in [-0.2, -0.15) is 0 Å². The van der Waals surface area contributed by atoms with Crippen LogP contribution in [0.3, 0.4) is 0 Å². The third-order valence-electron chi connectivity index (χ3n) is 5.26. The SMILES string of the molecule is CCCCNC(=O)[C@@H](CC)N(Cc1ccc(Cl)c(Cl)c1)C(=O)COc1ccc([N+](=O)[O-])c(OC)c1. The van der Waals surface area contributed by atoms with Gasteiger partial charge in [0.25, 0.3) is 5.91 Å². The number of methoxy groups -OCH3 is 1. The molecule has 1 N–H and O–H groups in total. The third kappa shape index (κ3) is 8.00. The predicted molar refractivity (Wildman–Crippen MR) is 134 cm³/mol. The molecule has 0 saturated heterocycles. The fourth-order valence-corrected chi connectivity index (χ4v) is 3.71. The number of amides is 2. The van der Waals surface area contributed by atoms with E-state index >= 15 is 0 Å². The first-order valence-corrected chi connectivity index (χ1v) is 11.9. The minimum absolute atomic E-state index is 0.00866. The van der Waals surface area contributed by atoms with Gasteiger partial charge in [0.1, 0.15) is 11.8 Å². The second-order valence-corrected chi connectivity index (χ2v) is 8.53. The molecule has 11 heteroatoms. The molecule has 0 aliphatic carbocycles. The maximum Gasteiger partial charge on any atom is 0.311 e. The van der Waals surface area contributed by atoms with Crippen molar-refractivity contribution in [2.75, 3.05) is 20.3 Å². The highest BCUT2D eigenvalue weighted by Gasteiger charge is 2.29. The van der Waals surface area contributed by atoms with E-state index in [2.05, 4.69) is 5.32 Å². The van der Waals surface area contributed by atoms with Crippen LogP contribution in [-0.4, -0.2) is 47.9 Å². The lowest BCUT2D eigenvalue weighted by Gasteiger charge is -2.30. The molecule has 0 aromatic heterocycles.